The van der Waals surface area contributed by atoms with E-state index < -0.39 is 0 Å². The smallest absolute Gasteiger partial charge is 0.246 e. The number of halogens is 1. The zero-order valence-electron chi connectivity index (χ0n) is 10.9. The molecule has 0 unspecified atom stereocenters. The van der Waals surface area contributed by atoms with Gasteiger partial charge in [0.15, 0.2) is 0 Å². The predicted molar refractivity (Wildman–Crippen MR) is 81.9 cm³/mol. The van der Waals surface area contributed by atoms with E-state index in [-0.39, 0.29) is 12.5 Å². The van der Waals surface area contributed by atoms with E-state index in [2.05, 4.69) is 22.3 Å². The second-order valence-electron chi connectivity index (χ2n) is 4.22. The molecule has 1 amide bonds. The molecule has 0 bridgehead atoms. The number of amides is 1. The number of aromatic nitrogens is 3. The maximum Gasteiger partial charge on any atom is 0.246 e. The Hall–Kier alpha value is -1.44. The molecule has 100 valence electrons. The van der Waals surface area contributed by atoms with Gasteiger partial charge in [-0.2, -0.15) is 0 Å². The number of carbonyl (C=O) groups excluding carboxylic acids is 1. The van der Waals surface area contributed by atoms with E-state index in [0.717, 1.165) is 23.2 Å². The molecule has 0 saturated heterocycles. The average Bonchev–Trinajstić information content (AvgIpc) is 2.77. The van der Waals surface area contributed by atoms with E-state index >= 15 is 0 Å². The molecule has 2 aromatic rings. The fourth-order valence-electron chi connectivity index (χ4n) is 1.88. The van der Waals surface area contributed by atoms with Crippen LogP contribution in [0, 0.1) is 10.8 Å². The van der Waals surface area contributed by atoms with Crippen molar-refractivity contribution in [1.29, 1.82) is 0 Å². The first-order valence-electron chi connectivity index (χ1n) is 6.03. The van der Waals surface area contributed by atoms with Gasteiger partial charge in [0.05, 0.1) is 0 Å². The van der Waals surface area contributed by atoms with Crippen LogP contribution < -0.4 is 5.32 Å². The summed E-state index contributed by atoms with van der Waals surface area (Å²) in [6.45, 7) is 4.24. The molecule has 0 saturated carbocycles. The summed E-state index contributed by atoms with van der Waals surface area (Å²) in [5.41, 5.74) is 3.12. The van der Waals surface area contributed by atoms with E-state index in [4.69, 9.17) is 0 Å². The molecule has 19 heavy (non-hydrogen) atoms. The highest BCUT2D eigenvalue weighted by molar-refractivity contribution is 14.1. The topological polar surface area (TPSA) is 59.8 Å². The highest BCUT2D eigenvalue weighted by Gasteiger charge is 2.09. The summed E-state index contributed by atoms with van der Waals surface area (Å²) in [5, 5.41) is 7.05. The number of nitrogens with one attached hydrogen (secondary N) is 1. The third-order valence-corrected chi connectivity index (χ3v) is 3.31. The minimum absolute atomic E-state index is 0.0923. The van der Waals surface area contributed by atoms with Crippen LogP contribution in [0.4, 0.5) is 5.69 Å². The Balaban J connectivity index is 2.11. The number of benzene rings is 1. The summed E-state index contributed by atoms with van der Waals surface area (Å²) >= 11 is 2.01. The predicted octanol–water partition coefficient (Wildman–Crippen LogP) is 2.39. The summed E-state index contributed by atoms with van der Waals surface area (Å²) in [4.78, 5) is 16.0. The fourth-order valence-corrected chi connectivity index (χ4v) is 2.28. The number of carbonyl (C=O) groups is 1. The minimum atomic E-state index is -0.0923. The van der Waals surface area contributed by atoms with Gasteiger partial charge in [0.2, 0.25) is 9.74 Å². The first kappa shape index (κ1) is 14.0. The van der Waals surface area contributed by atoms with E-state index in [9.17, 15) is 4.79 Å². The van der Waals surface area contributed by atoms with Crippen LogP contribution in [-0.4, -0.2) is 20.7 Å². The molecule has 1 N–H and O–H groups in total. The fraction of sp³-hybridized carbons (Fsp3) is 0.308. The maximum atomic E-state index is 12.0. The first-order chi connectivity index (χ1) is 9.10. The second-order valence-corrected chi connectivity index (χ2v) is 5.19. The molecule has 1 aromatic heterocycles. The molecule has 0 aliphatic heterocycles. The number of rotatable bonds is 4. The van der Waals surface area contributed by atoms with Gasteiger partial charge in [0, 0.05) is 28.3 Å². The first-order valence-corrected chi connectivity index (χ1v) is 7.11. The third-order valence-electron chi connectivity index (χ3n) is 2.82. The lowest BCUT2D eigenvalue weighted by Gasteiger charge is -2.12. The number of nitrogens with zero attached hydrogens (tertiary/aromatic N) is 3. The number of hydrogen-bond acceptors (Lipinski definition) is 3. The van der Waals surface area contributed by atoms with Gasteiger partial charge in [-0.3, -0.25) is 4.79 Å². The molecule has 0 aliphatic carbocycles. The van der Waals surface area contributed by atoms with Crippen LogP contribution in [0.25, 0.3) is 0 Å². The number of aryl methyl sites for hydroxylation is 2. The summed E-state index contributed by atoms with van der Waals surface area (Å²) < 4.78 is 2.16. The van der Waals surface area contributed by atoms with Crippen molar-refractivity contribution in [3.05, 3.63) is 39.5 Å². The Morgan fingerprint density at radius 1 is 1.47 bits per heavy atom. The molecule has 0 aliphatic rings. The van der Waals surface area contributed by atoms with Crippen molar-refractivity contribution >= 4 is 34.2 Å². The molecule has 0 atom stereocenters. The van der Waals surface area contributed by atoms with Gasteiger partial charge in [0.1, 0.15) is 12.9 Å². The second kappa shape index (κ2) is 6.14. The Morgan fingerprint density at radius 2 is 2.26 bits per heavy atom. The van der Waals surface area contributed by atoms with E-state index in [1.807, 2.05) is 47.7 Å². The Kier molecular flexibility index (Phi) is 4.52. The van der Waals surface area contributed by atoms with Crippen LogP contribution in [0.2, 0.25) is 0 Å². The van der Waals surface area contributed by atoms with Gasteiger partial charge in [-0.15, -0.1) is 5.10 Å². The van der Waals surface area contributed by atoms with E-state index in [1.165, 1.54) is 4.68 Å². The average molecular weight is 370 g/mol. The van der Waals surface area contributed by atoms with Crippen molar-refractivity contribution in [2.45, 2.75) is 26.8 Å². The quantitative estimate of drug-likeness (QED) is 0.841. The zero-order chi connectivity index (χ0) is 13.8. The molecule has 5 nitrogen and oxygen atoms in total. The van der Waals surface area contributed by atoms with Gasteiger partial charge in [0.25, 0.3) is 0 Å². The van der Waals surface area contributed by atoms with Gasteiger partial charge in [-0.25, -0.2) is 9.67 Å². The summed E-state index contributed by atoms with van der Waals surface area (Å²) in [5.74, 6) is -0.0923. The van der Waals surface area contributed by atoms with Crippen molar-refractivity contribution in [2.75, 3.05) is 5.32 Å². The van der Waals surface area contributed by atoms with Crippen LogP contribution >= 0.6 is 22.6 Å². The van der Waals surface area contributed by atoms with Crippen molar-refractivity contribution in [2.24, 2.45) is 0 Å². The number of anilines is 1. The lowest BCUT2D eigenvalue weighted by Crippen LogP contribution is -2.20. The molecule has 6 heteroatoms. The lowest BCUT2D eigenvalue weighted by molar-refractivity contribution is -0.116. The van der Waals surface area contributed by atoms with Crippen molar-refractivity contribution in [3.63, 3.8) is 0 Å². The normalized spacial score (nSPS) is 10.5. The minimum Gasteiger partial charge on any atom is -0.324 e. The number of hydrogen-bond donors (Lipinski definition) is 1. The van der Waals surface area contributed by atoms with Crippen LogP contribution in [0.3, 0.4) is 0 Å². The van der Waals surface area contributed by atoms with Gasteiger partial charge in [-0.05, 0) is 24.5 Å². The van der Waals surface area contributed by atoms with Crippen LogP contribution in [0.5, 0.6) is 0 Å². The van der Waals surface area contributed by atoms with E-state index in [1.54, 1.807) is 6.33 Å². The van der Waals surface area contributed by atoms with Gasteiger partial charge in [-0.1, -0.05) is 25.1 Å². The van der Waals surface area contributed by atoms with Crippen LogP contribution in [0.1, 0.15) is 18.1 Å². The van der Waals surface area contributed by atoms with Gasteiger partial charge < -0.3 is 5.32 Å². The van der Waals surface area contributed by atoms with Crippen molar-refractivity contribution < 1.29 is 4.79 Å². The summed E-state index contributed by atoms with van der Waals surface area (Å²) in [6.07, 6.45) is 2.44. The largest absolute Gasteiger partial charge is 0.324 e. The third kappa shape index (κ3) is 3.52. The van der Waals surface area contributed by atoms with Crippen molar-refractivity contribution in [3.8, 4) is 0 Å². The summed E-state index contributed by atoms with van der Waals surface area (Å²) in [7, 11) is 0. The molecular formula is C13H15IN4O. The highest BCUT2D eigenvalue weighted by atomic mass is 127. The molecule has 0 spiro atoms. The molecule has 1 aromatic carbocycles. The highest BCUT2D eigenvalue weighted by Crippen LogP contribution is 2.20. The standard InChI is InChI=1S/C13H15IN4O/c1-3-10-6-4-5-9(2)12(10)16-11(19)7-18-8-15-13(14)17-18/h4-6,8H,3,7H2,1-2H3,(H,16,19). The monoisotopic (exact) mass is 370 g/mol. The Bertz CT molecular complexity index is 594. The molecule has 0 fully saturated rings. The Morgan fingerprint density at radius 3 is 2.89 bits per heavy atom. The zero-order valence-corrected chi connectivity index (χ0v) is 13.0. The molecule has 1 heterocycles. The lowest BCUT2D eigenvalue weighted by atomic mass is 10.1. The summed E-state index contributed by atoms with van der Waals surface area (Å²) in [6, 6.07) is 6.03. The van der Waals surface area contributed by atoms with E-state index in [0.29, 0.717) is 3.83 Å². The SMILES string of the molecule is CCc1cccc(C)c1NC(=O)Cn1cnc(I)n1. The van der Waals surface area contributed by atoms with Crippen LogP contribution in [0.15, 0.2) is 24.5 Å². The maximum absolute atomic E-state index is 12.0. The molecular weight excluding hydrogens is 355 g/mol. The Labute approximate surface area is 125 Å². The molecule has 2 rings (SSSR count). The number of para-hydroxylation sites is 1. The van der Waals surface area contributed by atoms with Crippen LogP contribution in [-0.2, 0) is 17.8 Å². The molecule has 0 radical (unpaired) electrons. The van der Waals surface area contributed by atoms with Crippen molar-refractivity contribution in [1.82, 2.24) is 14.8 Å². The van der Waals surface area contributed by atoms with Gasteiger partial charge >= 0.3 is 0 Å².